The summed E-state index contributed by atoms with van der Waals surface area (Å²) in [6.07, 6.45) is 8.80. The molecule has 1 aliphatic heterocycles. The minimum Gasteiger partial charge on any atom is -0.448 e. The van der Waals surface area contributed by atoms with E-state index in [9.17, 15) is 4.79 Å². The zero-order chi connectivity index (χ0) is 21.4. The summed E-state index contributed by atoms with van der Waals surface area (Å²) in [7, 11) is 3.98. The first-order valence-electron chi connectivity index (χ1n) is 10.3. The third-order valence-corrected chi connectivity index (χ3v) is 5.67. The van der Waals surface area contributed by atoms with Crippen molar-refractivity contribution < 1.29 is 9.21 Å². The molecule has 0 spiro atoms. The summed E-state index contributed by atoms with van der Waals surface area (Å²) in [6, 6.07) is 5.91. The third kappa shape index (κ3) is 4.04. The lowest BCUT2D eigenvalue weighted by Crippen LogP contribution is -2.29. The van der Waals surface area contributed by atoms with Gasteiger partial charge >= 0.3 is 0 Å². The number of likely N-dealkylation sites (tertiary alicyclic amines) is 1. The standard InChI is InChI=1S/C22H23N7O2/c1-28-7-5-14(6-8-28)21-25-19(13-31-21)20(30)27-22-23-10-16-4-3-15(9-18(16)26-22)17-11-24-29(2)12-17/h3-4,9-14H,5-8H2,1-2H3,(H,23,26,27,30). The van der Waals surface area contributed by atoms with Crippen LogP contribution in [-0.4, -0.2) is 55.7 Å². The zero-order valence-corrected chi connectivity index (χ0v) is 17.4. The molecule has 1 saturated heterocycles. The molecule has 0 radical (unpaired) electrons. The van der Waals surface area contributed by atoms with Crippen LogP contribution in [0.25, 0.3) is 22.0 Å². The number of aromatic nitrogens is 5. The number of amides is 1. The van der Waals surface area contributed by atoms with Gasteiger partial charge in [0.05, 0.1) is 11.7 Å². The van der Waals surface area contributed by atoms with Gasteiger partial charge in [0.25, 0.3) is 5.91 Å². The fraction of sp³-hybridized carbons (Fsp3) is 0.318. The number of hydrogen-bond acceptors (Lipinski definition) is 7. The number of aryl methyl sites for hydroxylation is 1. The molecule has 1 amide bonds. The Morgan fingerprint density at radius 1 is 1.13 bits per heavy atom. The molecule has 9 nitrogen and oxygen atoms in total. The summed E-state index contributed by atoms with van der Waals surface area (Å²) in [6.45, 7) is 2.00. The van der Waals surface area contributed by atoms with Gasteiger partial charge in [0.15, 0.2) is 11.6 Å². The summed E-state index contributed by atoms with van der Waals surface area (Å²) < 4.78 is 7.35. The van der Waals surface area contributed by atoms with Crippen LogP contribution in [0.15, 0.2) is 47.5 Å². The highest BCUT2D eigenvalue weighted by Gasteiger charge is 2.24. The summed E-state index contributed by atoms with van der Waals surface area (Å²) >= 11 is 0. The van der Waals surface area contributed by atoms with Gasteiger partial charge in [0, 0.05) is 36.3 Å². The Balaban J connectivity index is 1.33. The Kier molecular flexibility index (Phi) is 4.95. The van der Waals surface area contributed by atoms with Gasteiger partial charge in [-0.1, -0.05) is 12.1 Å². The lowest BCUT2D eigenvalue weighted by molar-refractivity contribution is 0.102. The Hall–Kier alpha value is -3.59. The maximum absolute atomic E-state index is 12.7. The summed E-state index contributed by atoms with van der Waals surface area (Å²) in [5.41, 5.74) is 2.97. The van der Waals surface area contributed by atoms with Crippen molar-refractivity contribution in [2.24, 2.45) is 7.05 Å². The van der Waals surface area contributed by atoms with E-state index in [-0.39, 0.29) is 23.5 Å². The second-order valence-corrected chi connectivity index (χ2v) is 7.97. The van der Waals surface area contributed by atoms with Gasteiger partial charge < -0.3 is 9.32 Å². The van der Waals surface area contributed by atoms with Crippen LogP contribution in [0.1, 0.15) is 35.1 Å². The van der Waals surface area contributed by atoms with Crippen LogP contribution in [-0.2, 0) is 7.05 Å². The van der Waals surface area contributed by atoms with Crippen LogP contribution >= 0.6 is 0 Å². The van der Waals surface area contributed by atoms with Crippen LogP contribution in [0.4, 0.5) is 5.95 Å². The normalized spacial score (nSPS) is 15.4. The quantitative estimate of drug-likeness (QED) is 0.544. The highest BCUT2D eigenvalue weighted by molar-refractivity contribution is 6.02. The molecule has 31 heavy (non-hydrogen) atoms. The minimum absolute atomic E-state index is 0.227. The van der Waals surface area contributed by atoms with Gasteiger partial charge in [-0.05, 0) is 44.6 Å². The first-order valence-corrected chi connectivity index (χ1v) is 10.3. The van der Waals surface area contributed by atoms with Crippen LogP contribution in [0.5, 0.6) is 0 Å². The Morgan fingerprint density at radius 2 is 1.97 bits per heavy atom. The number of hydrogen-bond donors (Lipinski definition) is 1. The maximum atomic E-state index is 12.7. The van der Waals surface area contributed by atoms with E-state index in [1.165, 1.54) is 6.26 Å². The van der Waals surface area contributed by atoms with Crippen LogP contribution < -0.4 is 5.32 Å². The summed E-state index contributed by atoms with van der Waals surface area (Å²) in [5, 5.41) is 7.83. The van der Waals surface area contributed by atoms with Gasteiger partial charge in [0.2, 0.25) is 5.95 Å². The Morgan fingerprint density at radius 3 is 2.74 bits per heavy atom. The van der Waals surface area contributed by atoms with E-state index < -0.39 is 0 Å². The van der Waals surface area contributed by atoms with Crippen LogP contribution in [0, 0.1) is 0 Å². The number of rotatable bonds is 4. The minimum atomic E-state index is -0.384. The number of nitrogens with one attached hydrogen (secondary N) is 1. The second kappa shape index (κ2) is 7.92. The molecule has 0 saturated carbocycles. The molecular weight excluding hydrogens is 394 g/mol. The van der Waals surface area contributed by atoms with Gasteiger partial charge in [-0.2, -0.15) is 5.10 Å². The van der Waals surface area contributed by atoms with Crippen molar-refractivity contribution in [1.29, 1.82) is 0 Å². The van der Waals surface area contributed by atoms with E-state index in [1.807, 2.05) is 31.4 Å². The molecule has 0 unspecified atom stereocenters. The molecular formula is C22H23N7O2. The average Bonchev–Trinajstić information content (AvgIpc) is 3.43. The number of benzene rings is 1. The molecule has 1 N–H and O–H groups in total. The van der Waals surface area contributed by atoms with Crippen molar-refractivity contribution in [1.82, 2.24) is 29.6 Å². The molecule has 1 aromatic carbocycles. The molecule has 0 atom stereocenters. The molecule has 9 heteroatoms. The van der Waals surface area contributed by atoms with Crippen molar-refractivity contribution in [3.8, 4) is 11.1 Å². The van der Waals surface area contributed by atoms with Crippen molar-refractivity contribution in [2.45, 2.75) is 18.8 Å². The lowest BCUT2D eigenvalue weighted by Gasteiger charge is -2.26. The predicted molar refractivity (Wildman–Crippen MR) is 116 cm³/mol. The number of carbonyl (C=O) groups excluding carboxylic acids is 1. The average molecular weight is 417 g/mol. The molecule has 0 bridgehead atoms. The number of fused-ring (bicyclic) bond motifs is 1. The van der Waals surface area contributed by atoms with Crippen molar-refractivity contribution in [3.63, 3.8) is 0 Å². The van der Waals surface area contributed by atoms with Gasteiger partial charge in [-0.3, -0.25) is 14.8 Å². The molecule has 1 fully saturated rings. The van der Waals surface area contributed by atoms with Gasteiger partial charge in [-0.15, -0.1) is 0 Å². The molecule has 3 aromatic heterocycles. The zero-order valence-electron chi connectivity index (χ0n) is 17.4. The smallest absolute Gasteiger partial charge is 0.279 e. The molecule has 0 aliphatic carbocycles. The number of piperidine rings is 1. The fourth-order valence-corrected chi connectivity index (χ4v) is 3.83. The van der Waals surface area contributed by atoms with Crippen molar-refractivity contribution in [3.05, 3.63) is 54.6 Å². The number of anilines is 1. The monoisotopic (exact) mass is 417 g/mol. The van der Waals surface area contributed by atoms with Gasteiger partial charge in [-0.25, -0.2) is 15.0 Å². The predicted octanol–water partition coefficient (Wildman–Crippen LogP) is 3.08. The second-order valence-electron chi connectivity index (χ2n) is 7.97. The van der Waals surface area contributed by atoms with Gasteiger partial charge in [0.1, 0.15) is 6.26 Å². The summed E-state index contributed by atoms with van der Waals surface area (Å²) in [4.78, 5) is 28.1. The van der Waals surface area contributed by atoms with E-state index >= 15 is 0 Å². The SMILES string of the molecule is CN1CCC(c2nc(C(=O)Nc3ncc4ccc(-c5cnn(C)c5)cc4n3)co2)CC1. The maximum Gasteiger partial charge on any atom is 0.279 e. The molecule has 4 aromatic rings. The van der Waals surface area contributed by atoms with Crippen LogP contribution in [0.3, 0.4) is 0 Å². The molecule has 5 rings (SSSR count). The Labute approximate surface area is 179 Å². The van der Waals surface area contributed by atoms with E-state index in [0.717, 1.165) is 48.0 Å². The van der Waals surface area contributed by atoms with E-state index in [4.69, 9.17) is 4.42 Å². The van der Waals surface area contributed by atoms with Crippen molar-refractivity contribution in [2.75, 3.05) is 25.5 Å². The van der Waals surface area contributed by atoms with Crippen LogP contribution in [0.2, 0.25) is 0 Å². The van der Waals surface area contributed by atoms with E-state index in [1.54, 1.807) is 17.1 Å². The highest BCUT2D eigenvalue weighted by atomic mass is 16.3. The first-order chi connectivity index (χ1) is 15.0. The molecule has 1 aliphatic rings. The summed E-state index contributed by atoms with van der Waals surface area (Å²) in [5.74, 6) is 0.717. The Bertz CT molecular complexity index is 1240. The van der Waals surface area contributed by atoms with Crippen molar-refractivity contribution >= 4 is 22.8 Å². The topological polar surface area (TPSA) is 102 Å². The number of oxazole rings is 1. The van der Waals surface area contributed by atoms with E-state index in [0.29, 0.717) is 5.89 Å². The highest BCUT2D eigenvalue weighted by Crippen LogP contribution is 2.27. The first kappa shape index (κ1) is 19.4. The lowest BCUT2D eigenvalue weighted by atomic mass is 9.97. The fourth-order valence-electron chi connectivity index (χ4n) is 3.83. The molecule has 158 valence electrons. The molecule has 4 heterocycles. The largest absolute Gasteiger partial charge is 0.448 e. The third-order valence-electron chi connectivity index (χ3n) is 5.67. The number of carbonyl (C=O) groups is 1. The number of nitrogens with zero attached hydrogens (tertiary/aromatic N) is 6. The van der Waals surface area contributed by atoms with E-state index in [2.05, 4.69) is 37.3 Å².